The van der Waals surface area contributed by atoms with Crippen molar-refractivity contribution in [2.75, 3.05) is 5.32 Å². The molecule has 0 saturated heterocycles. The van der Waals surface area contributed by atoms with Crippen LogP contribution in [0.15, 0.2) is 34.8 Å². The van der Waals surface area contributed by atoms with Gasteiger partial charge in [0.25, 0.3) is 0 Å². The van der Waals surface area contributed by atoms with Crippen molar-refractivity contribution in [2.24, 2.45) is 0 Å². The second-order valence-corrected chi connectivity index (χ2v) is 5.47. The molecule has 0 aliphatic heterocycles. The summed E-state index contributed by atoms with van der Waals surface area (Å²) in [4.78, 5) is 15.0. The van der Waals surface area contributed by atoms with Crippen LogP contribution in [-0.2, 0) is 6.54 Å². The van der Waals surface area contributed by atoms with Crippen LogP contribution >= 0.6 is 15.9 Å². The predicted molar refractivity (Wildman–Crippen MR) is 82.1 cm³/mol. The molecule has 0 unspecified atom stereocenters. The van der Waals surface area contributed by atoms with E-state index in [4.69, 9.17) is 5.11 Å². The van der Waals surface area contributed by atoms with Gasteiger partial charge >= 0.3 is 5.97 Å². The molecule has 0 bridgehead atoms. The van der Waals surface area contributed by atoms with Crippen molar-refractivity contribution in [1.82, 2.24) is 4.98 Å². The highest BCUT2D eigenvalue weighted by Gasteiger charge is 2.07. The van der Waals surface area contributed by atoms with Crippen LogP contribution in [0.4, 0.5) is 5.69 Å². The van der Waals surface area contributed by atoms with Crippen LogP contribution < -0.4 is 5.32 Å². The van der Waals surface area contributed by atoms with Crippen molar-refractivity contribution in [1.29, 1.82) is 0 Å². The molecule has 0 radical (unpaired) electrons. The summed E-state index contributed by atoms with van der Waals surface area (Å²) in [5.74, 6) is -1.01. The third-order valence-electron chi connectivity index (χ3n) is 2.90. The third kappa shape index (κ3) is 3.36. The molecular formula is C15H15BrN2O2. The summed E-state index contributed by atoms with van der Waals surface area (Å²) < 4.78 is 0.990. The van der Waals surface area contributed by atoms with Crippen LogP contribution in [-0.4, -0.2) is 16.1 Å². The molecule has 1 aromatic heterocycles. The molecule has 0 fully saturated rings. The van der Waals surface area contributed by atoms with Crippen LogP contribution in [0.1, 0.15) is 27.3 Å². The number of carbonyl (C=O) groups is 1. The Balaban J connectivity index is 2.17. The number of nitrogens with zero attached hydrogens (tertiary/aromatic N) is 1. The van der Waals surface area contributed by atoms with E-state index in [1.54, 1.807) is 12.1 Å². The number of benzene rings is 1. The summed E-state index contributed by atoms with van der Waals surface area (Å²) >= 11 is 3.53. The molecule has 5 heteroatoms. The zero-order valence-corrected chi connectivity index (χ0v) is 12.9. The second-order valence-electron chi connectivity index (χ2n) is 4.61. The number of halogens is 1. The first kappa shape index (κ1) is 14.5. The summed E-state index contributed by atoms with van der Waals surface area (Å²) in [6.07, 6.45) is 0. The molecule has 0 aliphatic carbocycles. The smallest absolute Gasteiger partial charge is 0.354 e. The summed E-state index contributed by atoms with van der Waals surface area (Å²) in [5, 5.41) is 12.2. The molecule has 2 aromatic rings. The van der Waals surface area contributed by atoms with Crippen molar-refractivity contribution < 1.29 is 9.90 Å². The Kier molecular flexibility index (Phi) is 4.39. The van der Waals surface area contributed by atoms with Gasteiger partial charge in [-0.1, -0.05) is 12.1 Å². The first-order valence-electron chi connectivity index (χ1n) is 6.17. The molecular weight excluding hydrogens is 320 g/mol. The number of carboxylic acids is 1. The van der Waals surface area contributed by atoms with E-state index in [1.165, 1.54) is 11.6 Å². The minimum Gasteiger partial charge on any atom is -0.477 e. The highest BCUT2D eigenvalue weighted by molar-refractivity contribution is 9.10. The van der Waals surface area contributed by atoms with E-state index in [0.717, 1.165) is 15.7 Å². The summed E-state index contributed by atoms with van der Waals surface area (Å²) in [7, 11) is 0. The Labute approximate surface area is 126 Å². The highest BCUT2D eigenvalue weighted by atomic mass is 79.9. The summed E-state index contributed by atoms with van der Waals surface area (Å²) in [5.41, 5.74) is 4.07. The lowest BCUT2D eigenvalue weighted by molar-refractivity contribution is 0.0690. The van der Waals surface area contributed by atoms with E-state index in [9.17, 15) is 4.79 Å². The first-order valence-corrected chi connectivity index (χ1v) is 6.96. The SMILES string of the molecule is Cc1cc(C)c(NCc2cccc(C(=O)O)n2)c(Br)c1. The molecule has 1 heterocycles. The molecule has 0 aliphatic rings. The van der Waals surface area contributed by atoms with Gasteiger partial charge in [0.05, 0.1) is 17.9 Å². The molecule has 0 saturated carbocycles. The van der Waals surface area contributed by atoms with E-state index < -0.39 is 5.97 Å². The van der Waals surface area contributed by atoms with E-state index in [0.29, 0.717) is 12.2 Å². The molecule has 20 heavy (non-hydrogen) atoms. The zero-order chi connectivity index (χ0) is 14.7. The number of nitrogens with one attached hydrogen (secondary N) is 1. The number of aryl methyl sites for hydroxylation is 2. The number of aromatic carboxylic acids is 1. The summed E-state index contributed by atoms with van der Waals surface area (Å²) in [6, 6.07) is 9.12. The fourth-order valence-corrected chi connectivity index (χ4v) is 2.83. The zero-order valence-electron chi connectivity index (χ0n) is 11.3. The lowest BCUT2D eigenvalue weighted by atomic mass is 10.1. The second kappa shape index (κ2) is 6.05. The van der Waals surface area contributed by atoms with Crippen molar-refractivity contribution >= 4 is 27.6 Å². The minimum absolute atomic E-state index is 0.0593. The number of carboxylic acid groups (broad SMARTS) is 1. The maximum Gasteiger partial charge on any atom is 0.354 e. The topological polar surface area (TPSA) is 62.2 Å². The van der Waals surface area contributed by atoms with Gasteiger partial charge in [-0.2, -0.15) is 0 Å². The van der Waals surface area contributed by atoms with Crippen LogP contribution in [0.25, 0.3) is 0 Å². The third-order valence-corrected chi connectivity index (χ3v) is 3.53. The van der Waals surface area contributed by atoms with Gasteiger partial charge in [-0.3, -0.25) is 0 Å². The van der Waals surface area contributed by atoms with Gasteiger partial charge in [-0.05, 0) is 59.1 Å². The number of hydrogen-bond donors (Lipinski definition) is 2. The Hall–Kier alpha value is -1.88. The van der Waals surface area contributed by atoms with Crippen LogP contribution in [0.5, 0.6) is 0 Å². The Morgan fingerprint density at radius 1 is 1.35 bits per heavy atom. The van der Waals surface area contributed by atoms with Crippen molar-refractivity contribution in [3.8, 4) is 0 Å². The van der Waals surface area contributed by atoms with Gasteiger partial charge in [0, 0.05) is 4.47 Å². The van der Waals surface area contributed by atoms with Crippen molar-refractivity contribution in [3.05, 3.63) is 57.3 Å². The van der Waals surface area contributed by atoms with Gasteiger partial charge in [0.1, 0.15) is 5.69 Å². The average Bonchev–Trinajstić information content (AvgIpc) is 2.37. The number of hydrogen-bond acceptors (Lipinski definition) is 3. The van der Waals surface area contributed by atoms with Gasteiger partial charge in [0.2, 0.25) is 0 Å². The fourth-order valence-electron chi connectivity index (χ4n) is 2.02. The number of rotatable bonds is 4. The quantitative estimate of drug-likeness (QED) is 0.893. The van der Waals surface area contributed by atoms with Gasteiger partial charge in [-0.15, -0.1) is 0 Å². The standard InChI is InChI=1S/C15H15BrN2O2/c1-9-6-10(2)14(12(16)7-9)17-8-11-4-3-5-13(18-11)15(19)20/h3-7,17H,8H2,1-2H3,(H,19,20). The highest BCUT2D eigenvalue weighted by Crippen LogP contribution is 2.28. The average molecular weight is 335 g/mol. The number of pyridine rings is 1. The van der Waals surface area contributed by atoms with Gasteiger partial charge in [-0.25, -0.2) is 9.78 Å². The molecule has 104 valence electrons. The molecule has 0 spiro atoms. The van der Waals surface area contributed by atoms with Crippen molar-refractivity contribution in [3.63, 3.8) is 0 Å². The molecule has 2 N–H and O–H groups in total. The van der Waals surface area contributed by atoms with Crippen LogP contribution in [0, 0.1) is 13.8 Å². The maximum atomic E-state index is 10.9. The summed E-state index contributed by atoms with van der Waals surface area (Å²) in [6.45, 7) is 4.55. The number of aromatic nitrogens is 1. The van der Waals surface area contributed by atoms with Crippen molar-refractivity contribution in [2.45, 2.75) is 20.4 Å². The normalized spacial score (nSPS) is 10.3. The van der Waals surface area contributed by atoms with Gasteiger partial charge in [0.15, 0.2) is 0 Å². The van der Waals surface area contributed by atoms with E-state index in [2.05, 4.69) is 32.3 Å². The predicted octanol–water partition coefficient (Wildman–Crippen LogP) is 3.77. The Morgan fingerprint density at radius 2 is 2.10 bits per heavy atom. The van der Waals surface area contributed by atoms with E-state index in [1.807, 2.05) is 19.9 Å². The lowest BCUT2D eigenvalue weighted by Crippen LogP contribution is -2.07. The molecule has 1 aromatic carbocycles. The molecule has 2 rings (SSSR count). The van der Waals surface area contributed by atoms with Gasteiger partial charge < -0.3 is 10.4 Å². The van der Waals surface area contributed by atoms with Crippen LogP contribution in [0.2, 0.25) is 0 Å². The Bertz CT molecular complexity index is 633. The maximum absolute atomic E-state index is 10.9. The van der Waals surface area contributed by atoms with E-state index in [-0.39, 0.29) is 5.69 Å². The van der Waals surface area contributed by atoms with Crippen LogP contribution in [0.3, 0.4) is 0 Å². The largest absolute Gasteiger partial charge is 0.477 e. The molecule has 0 atom stereocenters. The fraction of sp³-hybridized carbons (Fsp3) is 0.200. The lowest BCUT2D eigenvalue weighted by Gasteiger charge is -2.12. The Morgan fingerprint density at radius 3 is 2.75 bits per heavy atom. The minimum atomic E-state index is -1.01. The van der Waals surface area contributed by atoms with E-state index >= 15 is 0 Å². The molecule has 0 amide bonds. The number of anilines is 1. The molecule has 4 nitrogen and oxygen atoms in total. The monoisotopic (exact) mass is 334 g/mol. The first-order chi connectivity index (χ1) is 9.47.